The summed E-state index contributed by atoms with van der Waals surface area (Å²) in [6.07, 6.45) is 0.337. The zero-order chi connectivity index (χ0) is 13.8. The molecule has 1 aromatic carbocycles. The summed E-state index contributed by atoms with van der Waals surface area (Å²) < 4.78 is 5.80. The zero-order valence-electron chi connectivity index (χ0n) is 11.5. The second kappa shape index (κ2) is 6.17. The van der Waals surface area contributed by atoms with Crippen LogP contribution in [0.1, 0.15) is 34.7 Å². The average Bonchev–Trinajstić information content (AvgIpc) is 2.77. The van der Waals surface area contributed by atoms with Crippen molar-refractivity contribution in [2.45, 2.75) is 33.3 Å². The zero-order valence-corrected chi connectivity index (χ0v) is 12.3. The van der Waals surface area contributed by atoms with Gasteiger partial charge in [-0.25, -0.2) is 4.98 Å². The number of rotatable bonds is 5. The Bertz CT molecular complexity index is 549. The summed E-state index contributed by atoms with van der Waals surface area (Å²) in [6, 6.07) is 5.90. The summed E-state index contributed by atoms with van der Waals surface area (Å²) in [5.41, 5.74) is 4.91. The van der Waals surface area contributed by atoms with Crippen LogP contribution in [0.25, 0.3) is 0 Å². The van der Waals surface area contributed by atoms with E-state index >= 15 is 0 Å². The Labute approximate surface area is 117 Å². The standard InChI is InChI=1S/C15H19NO2S/c1-10-4-5-14(13(8-10)12(3)17)18-7-6-15-11(2)16-9-19-15/h4-5,8-9,12,17H,6-7H2,1-3H3/t12-/m1/s1. The fourth-order valence-electron chi connectivity index (χ4n) is 1.95. The molecule has 0 spiro atoms. The summed E-state index contributed by atoms with van der Waals surface area (Å²) in [7, 11) is 0. The smallest absolute Gasteiger partial charge is 0.125 e. The van der Waals surface area contributed by atoms with Gasteiger partial charge in [0.1, 0.15) is 5.75 Å². The molecule has 2 rings (SSSR count). The molecule has 4 heteroatoms. The van der Waals surface area contributed by atoms with E-state index in [0.717, 1.165) is 29.0 Å². The Morgan fingerprint density at radius 1 is 1.37 bits per heavy atom. The number of aliphatic hydroxyl groups is 1. The van der Waals surface area contributed by atoms with Crippen molar-refractivity contribution in [1.82, 2.24) is 4.98 Å². The fraction of sp³-hybridized carbons (Fsp3) is 0.400. The van der Waals surface area contributed by atoms with Crippen molar-refractivity contribution in [3.63, 3.8) is 0 Å². The molecule has 0 aliphatic rings. The quantitative estimate of drug-likeness (QED) is 0.910. The highest BCUT2D eigenvalue weighted by atomic mass is 32.1. The lowest BCUT2D eigenvalue weighted by atomic mass is 10.1. The second-order valence-corrected chi connectivity index (χ2v) is 5.62. The SMILES string of the molecule is Cc1ccc(OCCc2scnc2C)c([C@@H](C)O)c1. The predicted molar refractivity (Wildman–Crippen MR) is 77.9 cm³/mol. The van der Waals surface area contributed by atoms with Crippen LogP contribution in [0.5, 0.6) is 5.75 Å². The highest BCUT2D eigenvalue weighted by Crippen LogP contribution is 2.26. The molecule has 0 unspecified atom stereocenters. The third-order valence-corrected chi connectivity index (χ3v) is 4.04. The van der Waals surface area contributed by atoms with Crippen molar-refractivity contribution >= 4 is 11.3 Å². The Morgan fingerprint density at radius 3 is 2.79 bits per heavy atom. The van der Waals surface area contributed by atoms with Crippen LogP contribution in [-0.4, -0.2) is 16.7 Å². The molecule has 0 saturated carbocycles. The van der Waals surface area contributed by atoms with Gasteiger partial charge in [0.15, 0.2) is 0 Å². The van der Waals surface area contributed by atoms with E-state index in [4.69, 9.17) is 4.74 Å². The number of benzene rings is 1. The molecule has 1 atom stereocenters. The molecule has 0 aliphatic carbocycles. The Balaban J connectivity index is 2.01. The minimum Gasteiger partial charge on any atom is -0.493 e. The number of ether oxygens (including phenoxy) is 1. The van der Waals surface area contributed by atoms with Gasteiger partial charge in [-0.3, -0.25) is 0 Å². The van der Waals surface area contributed by atoms with E-state index in [-0.39, 0.29) is 0 Å². The van der Waals surface area contributed by atoms with Crippen molar-refractivity contribution in [2.24, 2.45) is 0 Å². The Morgan fingerprint density at radius 2 is 2.16 bits per heavy atom. The molecule has 1 aromatic heterocycles. The number of hydrogen-bond acceptors (Lipinski definition) is 4. The molecule has 19 heavy (non-hydrogen) atoms. The molecule has 0 fully saturated rings. The van der Waals surface area contributed by atoms with Gasteiger partial charge >= 0.3 is 0 Å². The Hall–Kier alpha value is -1.39. The number of nitrogens with zero attached hydrogens (tertiary/aromatic N) is 1. The highest BCUT2D eigenvalue weighted by Gasteiger charge is 2.10. The minimum atomic E-state index is -0.514. The van der Waals surface area contributed by atoms with Crippen LogP contribution in [0.4, 0.5) is 0 Å². The van der Waals surface area contributed by atoms with Gasteiger partial charge in [0.25, 0.3) is 0 Å². The van der Waals surface area contributed by atoms with Crippen molar-refractivity contribution in [3.8, 4) is 5.75 Å². The average molecular weight is 277 g/mol. The van der Waals surface area contributed by atoms with Crippen LogP contribution in [0.15, 0.2) is 23.7 Å². The highest BCUT2D eigenvalue weighted by molar-refractivity contribution is 7.09. The molecule has 0 aliphatic heterocycles. The predicted octanol–water partition coefficient (Wildman–Crippen LogP) is 3.43. The van der Waals surface area contributed by atoms with Crippen LogP contribution in [0.3, 0.4) is 0 Å². The first-order valence-corrected chi connectivity index (χ1v) is 7.26. The molecule has 3 nitrogen and oxygen atoms in total. The summed E-state index contributed by atoms with van der Waals surface area (Å²) >= 11 is 1.66. The van der Waals surface area contributed by atoms with Crippen molar-refractivity contribution in [1.29, 1.82) is 0 Å². The maximum Gasteiger partial charge on any atom is 0.125 e. The third-order valence-electron chi connectivity index (χ3n) is 3.05. The largest absolute Gasteiger partial charge is 0.493 e. The van der Waals surface area contributed by atoms with E-state index in [1.165, 1.54) is 4.88 Å². The van der Waals surface area contributed by atoms with Gasteiger partial charge < -0.3 is 9.84 Å². The first-order valence-electron chi connectivity index (χ1n) is 6.38. The molecule has 0 amide bonds. The van der Waals surface area contributed by atoms with Crippen molar-refractivity contribution in [3.05, 3.63) is 45.4 Å². The number of aromatic nitrogens is 1. The van der Waals surface area contributed by atoms with Crippen LogP contribution in [0.2, 0.25) is 0 Å². The van der Waals surface area contributed by atoms with Crippen LogP contribution >= 0.6 is 11.3 Å². The van der Waals surface area contributed by atoms with E-state index in [2.05, 4.69) is 4.98 Å². The summed E-state index contributed by atoms with van der Waals surface area (Å²) in [5.74, 6) is 0.766. The van der Waals surface area contributed by atoms with Crippen LogP contribution in [-0.2, 0) is 6.42 Å². The van der Waals surface area contributed by atoms with Crippen LogP contribution < -0.4 is 4.74 Å². The molecule has 0 saturated heterocycles. The molecule has 1 N–H and O–H groups in total. The lowest BCUT2D eigenvalue weighted by Crippen LogP contribution is -2.05. The summed E-state index contributed by atoms with van der Waals surface area (Å²) in [5, 5.41) is 9.77. The third kappa shape index (κ3) is 3.55. The van der Waals surface area contributed by atoms with Crippen molar-refractivity contribution < 1.29 is 9.84 Å². The van der Waals surface area contributed by atoms with E-state index in [0.29, 0.717) is 6.61 Å². The van der Waals surface area contributed by atoms with Gasteiger partial charge in [0, 0.05) is 16.9 Å². The van der Waals surface area contributed by atoms with E-state index < -0.39 is 6.10 Å². The molecule has 1 heterocycles. The van der Waals surface area contributed by atoms with Crippen molar-refractivity contribution in [2.75, 3.05) is 6.61 Å². The minimum absolute atomic E-state index is 0.514. The number of thiazole rings is 1. The number of hydrogen-bond donors (Lipinski definition) is 1. The van der Waals surface area contributed by atoms with Gasteiger partial charge in [-0.05, 0) is 32.9 Å². The molecular weight excluding hydrogens is 258 g/mol. The lowest BCUT2D eigenvalue weighted by Gasteiger charge is -2.14. The molecule has 2 aromatic rings. The van der Waals surface area contributed by atoms with Gasteiger partial charge in [0.05, 0.1) is 23.9 Å². The molecule has 0 radical (unpaired) electrons. The first-order chi connectivity index (χ1) is 9.08. The number of aliphatic hydroxyl groups excluding tert-OH is 1. The summed E-state index contributed by atoms with van der Waals surface area (Å²) in [6.45, 7) is 6.38. The fourth-order valence-corrected chi connectivity index (χ4v) is 2.71. The van der Waals surface area contributed by atoms with E-state index in [1.54, 1.807) is 18.3 Å². The van der Waals surface area contributed by atoms with Gasteiger partial charge in [-0.2, -0.15) is 0 Å². The Kier molecular flexibility index (Phi) is 4.56. The monoisotopic (exact) mass is 277 g/mol. The normalized spacial score (nSPS) is 12.4. The van der Waals surface area contributed by atoms with Crippen LogP contribution in [0, 0.1) is 13.8 Å². The molecule has 102 valence electrons. The van der Waals surface area contributed by atoms with Gasteiger partial charge in [-0.15, -0.1) is 11.3 Å². The molecule has 0 bridgehead atoms. The van der Waals surface area contributed by atoms with E-state index in [1.807, 2.05) is 37.6 Å². The van der Waals surface area contributed by atoms with Gasteiger partial charge in [0.2, 0.25) is 0 Å². The lowest BCUT2D eigenvalue weighted by molar-refractivity contribution is 0.191. The maximum atomic E-state index is 9.77. The van der Waals surface area contributed by atoms with E-state index in [9.17, 15) is 5.11 Å². The summed E-state index contributed by atoms with van der Waals surface area (Å²) in [4.78, 5) is 5.48. The topological polar surface area (TPSA) is 42.4 Å². The molecular formula is C15H19NO2S. The first kappa shape index (κ1) is 14.0. The van der Waals surface area contributed by atoms with Gasteiger partial charge in [-0.1, -0.05) is 11.6 Å². The number of aryl methyl sites for hydroxylation is 2. The maximum absolute atomic E-state index is 9.77. The second-order valence-electron chi connectivity index (χ2n) is 4.68.